The maximum absolute atomic E-state index is 11.3. The van der Waals surface area contributed by atoms with Gasteiger partial charge in [0.2, 0.25) is 0 Å². The molecule has 0 amide bonds. The van der Waals surface area contributed by atoms with Crippen LogP contribution >= 0.6 is 34.5 Å². The van der Waals surface area contributed by atoms with E-state index in [4.69, 9.17) is 23.2 Å². The van der Waals surface area contributed by atoms with Crippen LogP contribution < -0.4 is 0 Å². The summed E-state index contributed by atoms with van der Waals surface area (Å²) in [6, 6.07) is 8.89. The number of hydrogen-bond donors (Lipinski definition) is 1. The van der Waals surface area contributed by atoms with Gasteiger partial charge in [0.25, 0.3) is 0 Å². The second kappa shape index (κ2) is 5.74. The smallest absolute Gasteiger partial charge is 0.312 e. The highest BCUT2D eigenvalue weighted by molar-refractivity contribution is 7.10. The molecule has 1 heterocycles. The minimum Gasteiger partial charge on any atom is -0.481 e. The third-order valence-electron chi connectivity index (χ3n) is 2.61. The first-order valence-corrected chi connectivity index (χ1v) is 6.91. The number of hydrogen-bond acceptors (Lipinski definition) is 2. The minimum atomic E-state index is -0.830. The number of thiophene rings is 1. The van der Waals surface area contributed by atoms with Crippen LogP contribution in [0.15, 0.2) is 35.7 Å². The zero-order valence-electron chi connectivity index (χ0n) is 9.27. The molecular formula is C13H10Cl2O2S. The van der Waals surface area contributed by atoms with E-state index in [-0.39, 0.29) is 0 Å². The molecule has 2 aromatic rings. The molecule has 1 aromatic heterocycles. The summed E-state index contributed by atoms with van der Waals surface area (Å²) in [5, 5.41) is 12.1. The molecule has 0 aliphatic carbocycles. The third-order valence-corrected chi connectivity index (χ3v) is 4.33. The molecule has 1 N–H and O–H groups in total. The first-order chi connectivity index (χ1) is 8.58. The highest BCUT2D eigenvalue weighted by atomic mass is 35.5. The molecule has 0 radical (unpaired) electrons. The average Bonchev–Trinajstić information content (AvgIpc) is 2.83. The van der Waals surface area contributed by atoms with E-state index in [0.29, 0.717) is 16.5 Å². The summed E-state index contributed by atoms with van der Waals surface area (Å²) in [5.41, 5.74) is 0.866. The number of benzene rings is 1. The van der Waals surface area contributed by atoms with Crippen LogP contribution in [-0.4, -0.2) is 11.1 Å². The zero-order valence-corrected chi connectivity index (χ0v) is 11.6. The van der Waals surface area contributed by atoms with Gasteiger partial charge in [-0.05, 0) is 35.6 Å². The molecule has 0 saturated heterocycles. The van der Waals surface area contributed by atoms with Gasteiger partial charge in [-0.15, -0.1) is 11.3 Å². The molecule has 2 nitrogen and oxygen atoms in total. The molecule has 0 aliphatic rings. The van der Waals surface area contributed by atoms with E-state index in [0.717, 1.165) is 10.4 Å². The van der Waals surface area contributed by atoms with Crippen LogP contribution in [0.2, 0.25) is 10.0 Å². The SMILES string of the molecule is O=C(O)C(Cc1ccc(Cl)c(Cl)c1)c1cccs1. The fourth-order valence-electron chi connectivity index (χ4n) is 1.70. The molecule has 0 spiro atoms. The molecule has 0 aliphatic heterocycles. The number of carbonyl (C=O) groups is 1. The fraction of sp³-hybridized carbons (Fsp3) is 0.154. The van der Waals surface area contributed by atoms with Gasteiger partial charge in [-0.2, -0.15) is 0 Å². The van der Waals surface area contributed by atoms with Gasteiger partial charge in [-0.1, -0.05) is 35.3 Å². The van der Waals surface area contributed by atoms with Crippen LogP contribution in [0.4, 0.5) is 0 Å². The molecule has 94 valence electrons. The van der Waals surface area contributed by atoms with Crippen molar-refractivity contribution in [1.29, 1.82) is 0 Å². The summed E-state index contributed by atoms with van der Waals surface area (Å²) in [7, 11) is 0. The summed E-state index contributed by atoms with van der Waals surface area (Å²) >= 11 is 13.2. The van der Waals surface area contributed by atoms with Gasteiger partial charge < -0.3 is 5.11 Å². The van der Waals surface area contributed by atoms with Gasteiger partial charge in [0.15, 0.2) is 0 Å². The monoisotopic (exact) mass is 300 g/mol. The van der Waals surface area contributed by atoms with Crippen molar-refractivity contribution in [3.05, 3.63) is 56.2 Å². The molecule has 2 rings (SSSR count). The Morgan fingerprint density at radius 1 is 1.28 bits per heavy atom. The Balaban J connectivity index is 2.24. The van der Waals surface area contributed by atoms with Gasteiger partial charge in [0.05, 0.1) is 16.0 Å². The lowest BCUT2D eigenvalue weighted by Gasteiger charge is -2.11. The molecule has 18 heavy (non-hydrogen) atoms. The lowest BCUT2D eigenvalue weighted by atomic mass is 9.98. The van der Waals surface area contributed by atoms with Crippen LogP contribution in [-0.2, 0) is 11.2 Å². The number of carboxylic acids is 1. The van der Waals surface area contributed by atoms with Crippen molar-refractivity contribution in [3.63, 3.8) is 0 Å². The highest BCUT2D eigenvalue weighted by Crippen LogP contribution is 2.28. The van der Waals surface area contributed by atoms with E-state index in [1.807, 2.05) is 17.5 Å². The zero-order chi connectivity index (χ0) is 13.1. The Morgan fingerprint density at radius 3 is 2.61 bits per heavy atom. The number of rotatable bonds is 4. The van der Waals surface area contributed by atoms with Gasteiger partial charge in [0, 0.05) is 4.88 Å². The fourth-order valence-corrected chi connectivity index (χ4v) is 2.84. The van der Waals surface area contributed by atoms with Crippen LogP contribution in [0.5, 0.6) is 0 Å². The summed E-state index contributed by atoms with van der Waals surface area (Å²) in [5.74, 6) is -1.37. The maximum Gasteiger partial charge on any atom is 0.312 e. The molecule has 1 aromatic carbocycles. The van der Waals surface area contributed by atoms with Crippen LogP contribution in [0.25, 0.3) is 0 Å². The Kier molecular flexibility index (Phi) is 4.27. The van der Waals surface area contributed by atoms with E-state index in [9.17, 15) is 9.90 Å². The summed E-state index contributed by atoms with van der Waals surface area (Å²) in [4.78, 5) is 12.1. The van der Waals surface area contributed by atoms with Crippen LogP contribution in [0, 0.1) is 0 Å². The van der Waals surface area contributed by atoms with E-state index in [1.165, 1.54) is 11.3 Å². The Morgan fingerprint density at radius 2 is 2.06 bits per heavy atom. The maximum atomic E-state index is 11.3. The molecule has 0 bridgehead atoms. The van der Waals surface area contributed by atoms with E-state index < -0.39 is 11.9 Å². The second-order valence-corrected chi connectivity index (χ2v) is 5.65. The van der Waals surface area contributed by atoms with E-state index >= 15 is 0 Å². The van der Waals surface area contributed by atoms with Gasteiger partial charge in [-0.25, -0.2) is 0 Å². The first-order valence-electron chi connectivity index (χ1n) is 5.28. The molecule has 5 heteroatoms. The van der Waals surface area contributed by atoms with Crippen LogP contribution in [0.3, 0.4) is 0 Å². The van der Waals surface area contributed by atoms with Crippen molar-refractivity contribution in [3.8, 4) is 0 Å². The van der Waals surface area contributed by atoms with Gasteiger partial charge in [-0.3, -0.25) is 4.79 Å². The number of halogens is 2. The average molecular weight is 301 g/mol. The van der Waals surface area contributed by atoms with E-state index in [2.05, 4.69) is 0 Å². The first kappa shape index (κ1) is 13.4. The van der Waals surface area contributed by atoms with Crippen molar-refractivity contribution in [1.82, 2.24) is 0 Å². The van der Waals surface area contributed by atoms with E-state index in [1.54, 1.807) is 18.2 Å². The molecule has 1 unspecified atom stereocenters. The molecule has 0 saturated carbocycles. The Labute approximate surface area is 119 Å². The normalized spacial score (nSPS) is 12.3. The Hall–Kier alpha value is -1.03. The van der Waals surface area contributed by atoms with Crippen molar-refractivity contribution in [2.45, 2.75) is 12.3 Å². The van der Waals surface area contributed by atoms with Crippen LogP contribution in [0.1, 0.15) is 16.4 Å². The molecular weight excluding hydrogens is 291 g/mol. The minimum absolute atomic E-state index is 0.409. The molecule has 1 atom stereocenters. The van der Waals surface area contributed by atoms with Gasteiger partial charge >= 0.3 is 5.97 Å². The van der Waals surface area contributed by atoms with Gasteiger partial charge in [0.1, 0.15) is 0 Å². The predicted molar refractivity (Wildman–Crippen MR) is 74.9 cm³/mol. The summed E-state index contributed by atoms with van der Waals surface area (Å²) < 4.78 is 0. The third kappa shape index (κ3) is 3.05. The lowest BCUT2D eigenvalue weighted by molar-refractivity contribution is -0.138. The second-order valence-electron chi connectivity index (χ2n) is 3.86. The van der Waals surface area contributed by atoms with Crippen molar-refractivity contribution in [2.24, 2.45) is 0 Å². The van der Waals surface area contributed by atoms with Crippen molar-refractivity contribution in [2.75, 3.05) is 0 Å². The topological polar surface area (TPSA) is 37.3 Å². The molecule has 0 fully saturated rings. The Bertz CT molecular complexity index is 552. The quantitative estimate of drug-likeness (QED) is 0.905. The largest absolute Gasteiger partial charge is 0.481 e. The highest BCUT2D eigenvalue weighted by Gasteiger charge is 2.21. The predicted octanol–water partition coefficient (Wildman–Crippen LogP) is 4.47. The summed E-state index contributed by atoms with van der Waals surface area (Å²) in [6.07, 6.45) is 0.409. The standard InChI is InChI=1S/C13H10Cl2O2S/c14-10-4-3-8(7-11(10)15)6-9(13(16)17)12-2-1-5-18-12/h1-5,7,9H,6H2,(H,16,17). The van der Waals surface area contributed by atoms with Crippen molar-refractivity contribution < 1.29 is 9.90 Å². The number of aliphatic carboxylic acids is 1. The van der Waals surface area contributed by atoms with Crippen molar-refractivity contribution >= 4 is 40.5 Å². The summed E-state index contributed by atoms with van der Waals surface area (Å²) in [6.45, 7) is 0. The lowest BCUT2D eigenvalue weighted by Crippen LogP contribution is -2.13. The number of carboxylic acid groups (broad SMARTS) is 1.